The van der Waals surface area contributed by atoms with Crippen molar-refractivity contribution < 1.29 is 4.39 Å². The number of rotatable bonds is 3. The Morgan fingerprint density at radius 2 is 2.40 bits per heavy atom. The van der Waals surface area contributed by atoms with Gasteiger partial charge >= 0.3 is 0 Å². The summed E-state index contributed by atoms with van der Waals surface area (Å²) in [4.78, 5) is 4.16. The Morgan fingerprint density at radius 3 is 3.13 bits per heavy atom. The molecule has 0 aromatic carbocycles. The molecular formula is C9H12FN5. The molecule has 0 spiro atoms. The number of nitrogens with zero attached hydrogens (tertiary/aromatic N) is 3. The first-order valence-corrected chi connectivity index (χ1v) is 4.67. The van der Waals surface area contributed by atoms with Crippen LogP contribution in [0.15, 0.2) is 18.3 Å². The summed E-state index contributed by atoms with van der Waals surface area (Å²) in [6, 6.07) is 3.01. The highest BCUT2D eigenvalue weighted by molar-refractivity contribution is 5.43. The average Bonchev–Trinajstić information content (AvgIpc) is 2.59. The van der Waals surface area contributed by atoms with Crippen molar-refractivity contribution in [3.8, 4) is 0 Å². The van der Waals surface area contributed by atoms with Crippen LogP contribution in [0.4, 0.5) is 10.3 Å². The van der Waals surface area contributed by atoms with E-state index in [9.17, 15) is 4.39 Å². The molecule has 2 aromatic heterocycles. The fraction of sp³-hybridized carbons (Fsp3) is 0.333. The summed E-state index contributed by atoms with van der Waals surface area (Å²) in [7, 11) is 0. The van der Waals surface area contributed by atoms with Gasteiger partial charge in [0.15, 0.2) is 5.65 Å². The highest BCUT2D eigenvalue weighted by Crippen LogP contribution is 2.07. The lowest BCUT2D eigenvalue weighted by Gasteiger charge is -2.07. The molecule has 6 heteroatoms. The van der Waals surface area contributed by atoms with Crippen LogP contribution < -0.4 is 11.1 Å². The van der Waals surface area contributed by atoms with E-state index < -0.39 is 0 Å². The van der Waals surface area contributed by atoms with Gasteiger partial charge in [-0.05, 0) is 19.1 Å². The number of pyridine rings is 1. The van der Waals surface area contributed by atoms with Crippen LogP contribution in [0.1, 0.15) is 6.92 Å². The first-order chi connectivity index (χ1) is 7.19. The molecule has 1 atom stereocenters. The fourth-order valence-corrected chi connectivity index (χ4v) is 1.20. The van der Waals surface area contributed by atoms with E-state index in [1.54, 1.807) is 6.07 Å². The van der Waals surface area contributed by atoms with Crippen molar-refractivity contribution in [2.24, 2.45) is 5.73 Å². The zero-order valence-electron chi connectivity index (χ0n) is 8.31. The van der Waals surface area contributed by atoms with Gasteiger partial charge < -0.3 is 11.1 Å². The summed E-state index contributed by atoms with van der Waals surface area (Å²) in [5, 5.41) is 7.07. The molecule has 80 valence electrons. The summed E-state index contributed by atoms with van der Waals surface area (Å²) < 4.78 is 14.2. The predicted molar refractivity (Wildman–Crippen MR) is 55.1 cm³/mol. The molecule has 5 nitrogen and oxygen atoms in total. The Bertz CT molecular complexity index is 466. The highest BCUT2D eigenvalue weighted by atomic mass is 19.1. The molecule has 2 heterocycles. The van der Waals surface area contributed by atoms with Gasteiger partial charge in [-0.15, -0.1) is 5.10 Å². The third kappa shape index (κ3) is 2.04. The minimum atomic E-state index is -0.342. The van der Waals surface area contributed by atoms with Gasteiger partial charge in [-0.1, -0.05) is 0 Å². The lowest BCUT2D eigenvalue weighted by molar-refractivity contribution is 0.614. The first kappa shape index (κ1) is 9.85. The van der Waals surface area contributed by atoms with Crippen LogP contribution in [0.2, 0.25) is 0 Å². The van der Waals surface area contributed by atoms with Crippen LogP contribution in [-0.4, -0.2) is 27.2 Å². The molecule has 0 aliphatic carbocycles. The van der Waals surface area contributed by atoms with Crippen LogP contribution >= 0.6 is 0 Å². The zero-order valence-corrected chi connectivity index (χ0v) is 8.31. The first-order valence-electron chi connectivity index (χ1n) is 4.67. The van der Waals surface area contributed by atoms with E-state index in [0.717, 1.165) is 0 Å². The van der Waals surface area contributed by atoms with Gasteiger partial charge in [0.1, 0.15) is 5.82 Å². The molecule has 0 fully saturated rings. The SMILES string of the molecule is CC(CN)Nc1nc2ccc(F)cn2n1. The number of halogens is 1. The average molecular weight is 209 g/mol. The monoisotopic (exact) mass is 209 g/mol. The van der Waals surface area contributed by atoms with Crippen molar-refractivity contribution in [1.82, 2.24) is 14.6 Å². The Balaban J connectivity index is 2.30. The lowest BCUT2D eigenvalue weighted by atomic mass is 10.3. The molecule has 0 bridgehead atoms. The second-order valence-electron chi connectivity index (χ2n) is 3.37. The minimum Gasteiger partial charge on any atom is -0.349 e. The molecule has 2 rings (SSSR count). The largest absolute Gasteiger partial charge is 0.349 e. The molecule has 0 saturated carbocycles. The Hall–Kier alpha value is -1.69. The van der Waals surface area contributed by atoms with Crippen molar-refractivity contribution >= 4 is 11.6 Å². The van der Waals surface area contributed by atoms with Gasteiger partial charge in [0.2, 0.25) is 5.95 Å². The fourth-order valence-electron chi connectivity index (χ4n) is 1.20. The Labute approximate surface area is 86.1 Å². The standard InChI is InChI=1S/C9H12FN5/c1-6(4-11)12-9-13-8-3-2-7(10)5-15(8)14-9/h2-3,5-6H,4,11H2,1H3,(H,12,14). The quantitative estimate of drug-likeness (QED) is 0.777. The van der Waals surface area contributed by atoms with E-state index in [1.807, 2.05) is 6.92 Å². The minimum absolute atomic E-state index is 0.0901. The molecule has 15 heavy (non-hydrogen) atoms. The molecule has 0 radical (unpaired) electrons. The molecule has 2 aromatic rings. The molecule has 0 saturated heterocycles. The van der Waals surface area contributed by atoms with E-state index in [-0.39, 0.29) is 11.9 Å². The maximum Gasteiger partial charge on any atom is 0.243 e. The van der Waals surface area contributed by atoms with Gasteiger partial charge in [-0.25, -0.2) is 8.91 Å². The number of aromatic nitrogens is 3. The Kier molecular flexibility index (Phi) is 2.51. The number of nitrogens with two attached hydrogens (primary N) is 1. The smallest absolute Gasteiger partial charge is 0.243 e. The van der Waals surface area contributed by atoms with E-state index in [4.69, 9.17) is 5.73 Å². The van der Waals surface area contributed by atoms with Crippen LogP contribution in [0.5, 0.6) is 0 Å². The normalized spacial score (nSPS) is 13.0. The topological polar surface area (TPSA) is 68.2 Å². The summed E-state index contributed by atoms with van der Waals surface area (Å²) in [5.41, 5.74) is 6.05. The van der Waals surface area contributed by atoms with Crippen molar-refractivity contribution in [3.05, 3.63) is 24.1 Å². The van der Waals surface area contributed by atoms with Gasteiger partial charge in [0, 0.05) is 12.6 Å². The number of fused-ring (bicyclic) bond motifs is 1. The molecule has 0 aliphatic heterocycles. The second-order valence-corrected chi connectivity index (χ2v) is 3.37. The predicted octanol–water partition coefficient (Wildman–Crippen LogP) is 0.627. The van der Waals surface area contributed by atoms with E-state index >= 15 is 0 Å². The molecular weight excluding hydrogens is 197 g/mol. The molecule has 0 amide bonds. The van der Waals surface area contributed by atoms with Gasteiger partial charge in [0.25, 0.3) is 0 Å². The summed E-state index contributed by atoms with van der Waals surface area (Å²) in [5.74, 6) is 0.115. The number of nitrogens with one attached hydrogen (secondary N) is 1. The van der Waals surface area contributed by atoms with Crippen LogP contribution in [0, 0.1) is 5.82 Å². The van der Waals surface area contributed by atoms with Gasteiger partial charge in [-0.3, -0.25) is 0 Å². The van der Waals surface area contributed by atoms with E-state index in [2.05, 4.69) is 15.4 Å². The second kappa shape index (κ2) is 3.82. The molecule has 3 N–H and O–H groups in total. The van der Waals surface area contributed by atoms with Crippen molar-refractivity contribution in [2.75, 3.05) is 11.9 Å². The number of hydrogen-bond acceptors (Lipinski definition) is 4. The van der Waals surface area contributed by atoms with Crippen LogP contribution in [-0.2, 0) is 0 Å². The van der Waals surface area contributed by atoms with Gasteiger partial charge in [-0.2, -0.15) is 4.98 Å². The van der Waals surface area contributed by atoms with Crippen molar-refractivity contribution in [2.45, 2.75) is 13.0 Å². The summed E-state index contributed by atoms with van der Waals surface area (Å²) in [6.07, 6.45) is 1.28. The Morgan fingerprint density at radius 1 is 1.60 bits per heavy atom. The lowest BCUT2D eigenvalue weighted by Crippen LogP contribution is -2.25. The molecule has 0 aliphatic rings. The zero-order chi connectivity index (χ0) is 10.8. The van der Waals surface area contributed by atoms with E-state index in [0.29, 0.717) is 18.1 Å². The third-order valence-corrected chi connectivity index (χ3v) is 2.02. The van der Waals surface area contributed by atoms with Gasteiger partial charge in [0.05, 0.1) is 6.20 Å². The van der Waals surface area contributed by atoms with E-state index in [1.165, 1.54) is 16.8 Å². The summed E-state index contributed by atoms with van der Waals surface area (Å²) in [6.45, 7) is 2.41. The third-order valence-electron chi connectivity index (χ3n) is 2.02. The maximum absolute atomic E-state index is 12.8. The number of anilines is 1. The maximum atomic E-state index is 12.8. The van der Waals surface area contributed by atoms with Crippen LogP contribution in [0.25, 0.3) is 5.65 Å². The molecule has 1 unspecified atom stereocenters. The highest BCUT2D eigenvalue weighted by Gasteiger charge is 2.06. The van der Waals surface area contributed by atoms with Crippen molar-refractivity contribution in [3.63, 3.8) is 0 Å². The number of hydrogen-bond donors (Lipinski definition) is 2. The van der Waals surface area contributed by atoms with Crippen molar-refractivity contribution in [1.29, 1.82) is 0 Å². The summed E-state index contributed by atoms with van der Waals surface area (Å²) >= 11 is 0. The van der Waals surface area contributed by atoms with Crippen LogP contribution in [0.3, 0.4) is 0 Å².